The molecule has 1 aromatic rings. The van der Waals surface area contributed by atoms with Gasteiger partial charge in [-0.05, 0) is 37.6 Å². The summed E-state index contributed by atoms with van der Waals surface area (Å²) in [5.41, 5.74) is 0.706. The lowest BCUT2D eigenvalue weighted by Gasteiger charge is -2.05. The van der Waals surface area contributed by atoms with Crippen LogP contribution in [0.2, 0.25) is 0 Å². The molecule has 6 heteroatoms. The molecule has 108 valence electrons. The Labute approximate surface area is 117 Å². The summed E-state index contributed by atoms with van der Waals surface area (Å²) in [6, 6.07) is 5.91. The van der Waals surface area contributed by atoms with Crippen LogP contribution in [0.3, 0.4) is 0 Å². The SMILES string of the molecule is CCNC(=O)CCCC(=O)Nc1ccc(C(=O)O)cc1. The van der Waals surface area contributed by atoms with Crippen molar-refractivity contribution in [3.8, 4) is 0 Å². The van der Waals surface area contributed by atoms with Crippen LogP contribution >= 0.6 is 0 Å². The van der Waals surface area contributed by atoms with Crippen molar-refractivity contribution in [3.05, 3.63) is 29.8 Å². The van der Waals surface area contributed by atoms with Crippen molar-refractivity contribution >= 4 is 23.5 Å². The van der Waals surface area contributed by atoms with Gasteiger partial charge in [-0.3, -0.25) is 9.59 Å². The number of carbonyl (C=O) groups is 3. The number of hydrogen-bond acceptors (Lipinski definition) is 3. The predicted octanol–water partition coefficient (Wildman–Crippen LogP) is 1.63. The Morgan fingerprint density at radius 1 is 1.05 bits per heavy atom. The molecule has 20 heavy (non-hydrogen) atoms. The van der Waals surface area contributed by atoms with Gasteiger partial charge < -0.3 is 15.7 Å². The van der Waals surface area contributed by atoms with Crippen LogP contribution in [0.1, 0.15) is 36.5 Å². The van der Waals surface area contributed by atoms with Crippen molar-refractivity contribution in [3.63, 3.8) is 0 Å². The highest BCUT2D eigenvalue weighted by atomic mass is 16.4. The van der Waals surface area contributed by atoms with Gasteiger partial charge in [-0.25, -0.2) is 4.79 Å². The molecule has 0 aliphatic rings. The largest absolute Gasteiger partial charge is 0.478 e. The van der Waals surface area contributed by atoms with Crippen molar-refractivity contribution in [2.24, 2.45) is 0 Å². The highest BCUT2D eigenvalue weighted by molar-refractivity contribution is 5.92. The first-order chi connectivity index (χ1) is 9.52. The number of aromatic carboxylic acids is 1. The minimum atomic E-state index is -1.01. The third-order valence-corrected chi connectivity index (χ3v) is 2.60. The zero-order valence-electron chi connectivity index (χ0n) is 11.3. The number of rotatable bonds is 7. The van der Waals surface area contributed by atoms with Crippen LogP contribution in [0.4, 0.5) is 5.69 Å². The van der Waals surface area contributed by atoms with Gasteiger partial charge in [-0.15, -0.1) is 0 Å². The second-order valence-electron chi connectivity index (χ2n) is 4.24. The monoisotopic (exact) mass is 278 g/mol. The molecule has 0 saturated heterocycles. The zero-order valence-corrected chi connectivity index (χ0v) is 11.3. The second-order valence-corrected chi connectivity index (χ2v) is 4.24. The number of nitrogens with one attached hydrogen (secondary N) is 2. The molecule has 0 radical (unpaired) electrons. The van der Waals surface area contributed by atoms with Gasteiger partial charge in [0.05, 0.1) is 5.56 Å². The van der Waals surface area contributed by atoms with Crippen molar-refractivity contribution in [1.82, 2.24) is 5.32 Å². The number of carboxylic acid groups (broad SMARTS) is 1. The Hall–Kier alpha value is -2.37. The van der Waals surface area contributed by atoms with Gasteiger partial charge in [0.1, 0.15) is 0 Å². The topological polar surface area (TPSA) is 95.5 Å². The van der Waals surface area contributed by atoms with Crippen LogP contribution < -0.4 is 10.6 Å². The molecule has 0 heterocycles. The normalized spacial score (nSPS) is 9.85. The Balaban J connectivity index is 2.35. The van der Waals surface area contributed by atoms with Crippen LogP contribution in [-0.4, -0.2) is 29.4 Å². The molecular formula is C14H18N2O4. The molecule has 0 aliphatic heterocycles. The van der Waals surface area contributed by atoms with E-state index in [9.17, 15) is 14.4 Å². The first-order valence-electron chi connectivity index (χ1n) is 6.43. The van der Waals surface area contributed by atoms with Gasteiger partial charge in [0.15, 0.2) is 0 Å². The summed E-state index contributed by atoms with van der Waals surface area (Å²) in [5, 5.41) is 14.1. The smallest absolute Gasteiger partial charge is 0.335 e. The van der Waals surface area contributed by atoms with E-state index in [1.165, 1.54) is 24.3 Å². The van der Waals surface area contributed by atoms with E-state index < -0.39 is 5.97 Å². The molecule has 1 aromatic carbocycles. The van der Waals surface area contributed by atoms with E-state index in [0.717, 1.165) is 0 Å². The Morgan fingerprint density at radius 3 is 2.20 bits per heavy atom. The van der Waals surface area contributed by atoms with Crippen molar-refractivity contribution < 1.29 is 19.5 Å². The molecule has 0 aliphatic carbocycles. The molecule has 0 aromatic heterocycles. The van der Waals surface area contributed by atoms with Crippen LogP contribution in [0.5, 0.6) is 0 Å². The van der Waals surface area contributed by atoms with E-state index in [0.29, 0.717) is 25.1 Å². The van der Waals surface area contributed by atoms with Crippen LogP contribution in [0, 0.1) is 0 Å². The number of amides is 2. The minimum absolute atomic E-state index is 0.0638. The van der Waals surface area contributed by atoms with Crippen molar-refractivity contribution in [1.29, 1.82) is 0 Å². The van der Waals surface area contributed by atoms with Gasteiger partial charge in [0, 0.05) is 25.1 Å². The molecule has 2 amide bonds. The number of benzene rings is 1. The number of carboxylic acids is 1. The summed E-state index contributed by atoms with van der Waals surface area (Å²) in [6.45, 7) is 2.42. The first kappa shape index (κ1) is 15.7. The van der Waals surface area contributed by atoms with E-state index in [2.05, 4.69) is 10.6 Å². The lowest BCUT2D eigenvalue weighted by atomic mass is 10.2. The standard InChI is InChI=1S/C14H18N2O4/c1-2-15-12(17)4-3-5-13(18)16-11-8-6-10(7-9-11)14(19)20/h6-9H,2-5H2,1H3,(H,15,17)(H,16,18)(H,19,20). The average Bonchev–Trinajstić information content (AvgIpc) is 2.39. The van der Waals surface area contributed by atoms with Gasteiger partial charge in [-0.1, -0.05) is 0 Å². The van der Waals surface area contributed by atoms with Gasteiger partial charge in [0.25, 0.3) is 0 Å². The number of carbonyl (C=O) groups excluding carboxylic acids is 2. The lowest BCUT2D eigenvalue weighted by molar-refractivity contribution is -0.121. The maximum absolute atomic E-state index is 11.6. The zero-order chi connectivity index (χ0) is 15.0. The Kier molecular flexibility index (Phi) is 6.22. The fraction of sp³-hybridized carbons (Fsp3) is 0.357. The molecular weight excluding hydrogens is 260 g/mol. The average molecular weight is 278 g/mol. The van der Waals surface area contributed by atoms with Crippen LogP contribution in [0.25, 0.3) is 0 Å². The quantitative estimate of drug-likeness (QED) is 0.706. The highest BCUT2D eigenvalue weighted by Gasteiger charge is 2.06. The maximum Gasteiger partial charge on any atom is 0.335 e. The second kappa shape index (κ2) is 7.93. The molecule has 0 unspecified atom stereocenters. The number of anilines is 1. The van der Waals surface area contributed by atoms with E-state index in [-0.39, 0.29) is 23.8 Å². The summed E-state index contributed by atoms with van der Waals surface area (Å²) in [7, 11) is 0. The fourth-order valence-electron chi connectivity index (χ4n) is 1.61. The summed E-state index contributed by atoms with van der Waals surface area (Å²) in [4.78, 5) is 33.5. The summed E-state index contributed by atoms with van der Waals surface area (Å²) in [5.74, 6) is -1.27. The third kappa shape index (κ3) is 5.51. The Morgan fingerprint density at radius 2 is 1.65 bits per heavy atom. The van der Waals surface area contributed by atoms with Gasteiger partial charge in [-0.2, -0.15) is 0 Å². The van der Waals surface area contributed by atoms with E-state index in [1.54, 1.807) is 0 Å². The molecule has 0 spiro atoms. The molecule has 3 N–H and O–H groups in total. The highest BCUT2D eigenvalue weighted by Crippen LogP contribution is 2.10. The van der Waals surface area contributed by atoms with E-state index in [4.69, 9.17) is 5.11 Å². The molecule has 0 saturated carbocycles. The molecule has 1 rings (SSSR count). The number of hydrogen-bond donors (Lipinski definition) is 3. The van der Waals surface area contributed by atoms with Gasteiger partial charge in [0.2, 0.25) is 11.8 Å². The van der Waals surface area contributed by atoms with Crippen molar-refractivity contribution in [2.75, 3.05) is 11.9 Å². The minimum Gasteiger partial charge on any atom is -0.478 e. The molecule has 0 fully saturated rings. The summed E-state index contributed by atoms with van der Waals surface area (Å²) in [6.07, 6.45) is 1.04. The van der Waals surface area contributed by atoms with Crippen LogP contribution in [-0.2, 0) is 9.59 Å². The summed E-state index contributed by atoms with van der Waals surface area (Å²) >= 11 is 0. The Bertz CT molecular complexity index is 482. The lowest BCUT2D eigenvalue weighted by Crippen LogP contribution is -2.22. The predicted molar refractivity (Wildman–Crippen MR) is 74.6 cm³/mol. The van der Waals surface area contributed by atoms with E-state index >= 15 is 0 Å². The van der Waals surface area contributed by atoms with Gasteiger partial charge >= 0.3 is 5.97 Å². The van der Waals surface area contributed by atoms with Crippen LogP contribution in [0.15, 0.2) is 24.3 Å². The summed E-state index contributed by atoms with van der Waals surface area (Å²) < 4.78 is 0. The molecule has 6 nitrogen and oxygen atoms in total. The fourth-order valence-corrected chi connectivity index (χ4v) is 1.61. The maximum atomic E-state index is 11.6. The third-order valence-electron chi connectivity index (χ3n) is 2.60. The molecule has 0 atom stereocenters. The molecule has 0 bridgehead atoms. The first-order valence-corrected chi connectivity index (χ1v) is 6.43. The van der Waals surface area contributed by atoms with Crippen molar-refractivity contribution in [2.45, 2.75) is 26.2 Å². The van der Waals surface area contributed by atoms with E-state index in [1.807, 2.05) is 6.92 Å².